The van der Waals surface area contributed by atoms with Crippen LogP contribution in [-0.4, -0.2) is 30.7 Å². The molecule has 1 amide bonds. The third kappa shape index (κ3) is 6.56. The van der Waals surface area contributed by atoms with Crippen LogP contribution in [0.1, 0.15) is 25.8 Å². The Kier molecular flexibility index (Phi) is 6.94. The van der Waals surface area contributed by atoms with Crippen LogP contribution in [0.3, 0.4) is 0 Å². The van der Waals surface area contributed by atoms with Crippen molar-refractivity contribution in [1.29, 1.82) is 0 Å². The molecule has 1 rings (SSSR count). The lowest BCUT2D eigenvalue weighted by Crippen LogP contribution is -2.27. The predicted molar refractivity (Wildman–Crippen MR) is 82.2 cm³/mol. The van der Waals surface area contributed by atoms with E-state index in [-0.39, 0.29) is 24.8 Å². The number of rotatable bonds is 7. The van der Waals surface area contributed by atoms with Crippen LogP contribution in [0.4, 0.5) is 5.69 Å². The van der Waals surface area contributed by atoms with Crippen LogP contribution in [0, 0.1) is 6.92 Å². The maximum Gasteiger partial charge on any atom is 0.311 e. The first-order valence-electron chi connectivity index (χ1n) is 6.80. The molecule has 0 saturated heterocycles. The number of nitrogens with zero attached hydrogens (tertiary/aromatic N) is 1. The molecular formula is C15H21N3O3. The number of hydrogen-bond acceptors (Lipinski definition) is 5. The van der Waals surface area contributed by atoms with E-state index in [2.05, 4.69) is 15.8 Å². The lowest BCUT2D eigenvalue weighted by molar-refractivity contribution is -0.141. The Morgan fingerprint density at radius 2 is 2.00 bits per heavy atom. The summed E-state index contributed by atoms with van der Waals surface area (Å²) in [6.07, 6.45) is 0.0688. The van der Waals surface area contributed by atoms with Crippen molar-refractivity contribution in [3.63, 3.8) is 0 Å². The Balaban J connectivity index is 2.37. The lowest BCUT2D eigenvalue weighted by Gasteiger charge is -2.08. The molecule has 0 bridgehead atoms. The standard InChI is InChI=1S/C15H21N3O3/c1-4-21-15(20)9-12(3)17-18-14(19)10-16-13-8-6-5-7-11(13)2/h5-8,16H,4,9-10H2,1-3H3,(H,18,19)/b17-12+. The van der Waals surface area contributed by atoms with E-state index in [1.54, 1.807) is 13.8 Å². The molecule has 21 heavy (non-hydrogen) atoms. The quantitative estimate of drug-likeness (QED) is 0.456. The van der Waals surface area contributed by atoms with E-state index in [1.165, 1.54) is 0 Å². The first kappa shape index (κ1) is 16.7. The number of anilines is 1. The topological polar surface area (TPSA) is 79.8 Å². The van der Waals surface area contributed by atoms with E-state index < -0.39 is 0 Å². The average Bonchev–Trinajstić information content (AvgIpc) is 2.44. The summed E-state index contributed by atoms with van der Waals surface area (Å²) in [5.74, 6) is -0.632. The van der Waals surface area contributed by atoms with Crippen LogP contribution in [0.5, 0.6) is 0 Å². The number of amides is 1. The molecule has 6 nitrogen and oxygen atoms in total. The van der Waals surface area contributed by atoms with Gasteiger partial charge in [0.15, 0.2) is 0 Å². The highest BCUT2D eigenvalue weighted by Gasteiger charge is 2.05. The van der Waals surface area contributed by atoms with Gasteiger partial charge in [-0.1, -0.05) is 18.2 Å². The highest BCUT2D eigenvalue weighted by molar-refractivity contribution is 5.98. The smallest absolute Gasteiger partial charge is 0.311 e. The van der Waals surface area contributed by atoms with E-state index in [4.69, 9.17) is 4.74 Å². The number of carbonyl (C=O) groups is 2. The number of nitrogens with one attached hydrogen (secondary N) is 2. The summed E-state index contributed by atoms with van der Waals surface area (Å²) >= 11 is 0. The van der Waals surface area contributed by atoms with Crippen LogP contribution >= 0.6 is 0 Å². The van der Waals surface area contributed by atoms with Gasteiger partial charge in [0.2, 0.25) is 0 Å². The second kappa shape index (κ2) is 8.73. The number of esters is 1. The normalized spacial score (nSPS) is 10.9. The Bertz CT molecular complexity index is 527. The third-order valence-corrected chi connectivity index (χ3v) is 2.66. The minimum absolute atomic E-state index is 0.0688. The summed E-state index contributed by atoms with van der Waals surface area (Å²) in [7, 11) is 0. The van der Waals surface area contributed by atoms with Crippen molar-refractivity contribution in [2.75, 3.05) is 18.5 Å². The molecule has 6 heteroatoms. The molecule has 0 aliphatic rings. The molecular weight excluding hydrogens is 270 g/mol. The second-order valence-electron chi connectivity index (χ2n) is 4.53. The van der Waals surface area contributed by atoms with Gasteiger partial charge in [-0.15, -0.1) is 0 Å². The number of benzene rings is 1. The lowest BCUT2D eigenvalue weighted by atomic mass is 10.2. The van der Waals surface area contributed by atoms with Crippen molar-refractivity contribution < 1.29 is 14.3 Å². The minimum Gasteiger partial charge on any atom is -0.466 e. The predicted octanol–water partition coefficient (Wildman–Crippen LogP) is 1.85. The monoisotopic (exact) mass is 291 g/mol. The van der Waals surface area contributed by atoms with E-state index in [0.29, 0.717) is 12.3 Å². The molecule has 1 aromatic rings. The zero-order chi connectivity index (χ0) is 15.7. The van der Waals surface area contributed by atoms with Gasteiger partial charge in [-0.25, -0.2) is 5.43 Å². The van der Waals surface area contributed by atoms with E-state index >= 15 is 0 Å². The van der Waals surface area contributed by atoms with Crippen LogP contribution < -0.4 is 10.7 Å². The molecule has 0 unspecified atom stereocenters. The first-order chi connectivity index (χ1) is 10.0. The zero-order valence-electron chi connectivity index (χ0n) is 12.6. The minimum atomic E-state index is -0.356. The van der Waals surface area contributed by atoms with Gasteiger partial charge in [-0.05, 0) is 32.4 Å². The Labute approximate surface area is 124 Å². The van der Waals surface area contributed by atoms with Crippen molar-refractivity contribution in [1.82, 2.24) is 5.43 Å². The highest BCUT2D eigenvalue weighted by atomic mass is 16.5. The van der Waals surface area contributed by atoms with Crippen molar-refractivity contribution in [3.8, 4) is 0 Å². The first-order valence-corrected chi connectivity index (χ1v) is 6.80. The Morgan fingerprint density at radius 3 is 2.67 bits per heavy atom. The molecule has 0 aliphatic carbocycles. The van der Waals surface area contributed by atoms with Crippen molar-refractivity contribution in [2.45, 2.75) is 27.2 Å². The number of hydrogen-bond donors (Lipinski definition) is 2. The molecule has 0 saturated carbocycles. The Morgan fingerprint density at radius 1 is 1.29 bits per heavy atom. The van der Waals surface area contributed by atoms with E-state index in [0.717, 1.165) is 11.3 Å². The maximum atomic E-state index is 11.6. The SMILES string of the molecule is CCOC(=O)C/C(C)=N/NC(=O)CNc1ccccc1C. The molecule has 0 aliphatic heterocycles. The molecule has 0 spiro atoms. The fraction of sp³-hybridized carbons (Fsp3) is 0.400. The molecule has 0 atom stereocenters. The number of carbonyl (C=O) groups excluding carboxylic acids is 2. The van der Waals surface area contributed by atoms with Crippen LogP contribution in [-0.2, 0) is 14.3 Å². The highest BCUT2D eigenvalue weighted by Crippen LogP contribution is 2.12. The molecule has 0 aromatic heterocycles. The molecule has 0 heterocycles. The maximum absolute atomic E-state index is 11.6. The van der Waals surface area contributed by atoms with Gasteiger partial charge in [0.25, 0.3) is 5.91 Å². The molecule has 0 fully saturated rings. The number of hydrazone groups is 1. The van der Waals surface area contributed by atoms with Crippen molar-refractivity contribution in [3.05, 3.63) is 29.8 Å². The number of aryl methyl sites for hydroxylation is 1. The van der Waals surface area contributed by atoms with Gasteiger partial charge < -0.3 is 10.1 Å². The zero-order valence-corrected chi connectivity index (χ0v) is 12.6. The van der Waals surface area contributed by atoms with E-state index in [1.807, 2.05) is 31.2 Å². The fourth-order valence-electron chi connectivity index (χ4n) is 1.60. The third-order valence-electron chi connectivity index (χ3n) is 2.66. The number of para-hydroxylation sites is 1. The molecule has 114 valence electrons. The van der Waals surface area contributed by atoms with Crippen LogP contribution in [0.2, 0.25) is 0 Å². The molecule has 0 radical (unpaired) electrons. The van der Waals surface area contributed by atoms with Crippen molar-refractivity contribution in [2.24, 2.45) is 5.10 Å². The fourth-order valence-corrected chi connectivity index (χ4v) is 1.60. The van der Waals surface area contributed by atoms with Crippen molar-refractivity contribution >= 4 is 23.3 Å². The largest absolute Gasteiger partial charge is 0.466 e. The number of ether oxygens (including phenoxy) is 1. The van der Waals surface area contributed by atoms with Crippen LogP contribution in [0.15, 0.2) is 29.4 Å². The summed E-state index contributed by atoms with van der Waals surface area (Å²) in [5, 5.41) is 6.88. The van der Waals surface area contributed by atoms with E-state index in [9.17, 15) is 9.59 Å². The average molecular weight is 291 g/mol. The summed E-state index contributed by atoms with van der Waals surface area (Å²) in [6, 6.07) is 7.69. The molecule has 1 aromatic carbocycles. The van der Waals surface area contributed by atoms with Crippen LogP contribution in [0.25, 0.3) is 0 Å². The van der Waals surface area contributed by atoms with Gasteiger partial charge in [0.05, 0.1) is 19.6 Å². The van der Waals surface area contributed by atoms with Gasteiger partial charge in [0, 0.05) is 11.4 Å². The van der Waals surface area contributed by atoms with Gasteiger partial charge in [-0.3, -0.25) is 9.59 Å². The summed E-state index contributed by atoms with van der Waals surface area (Å²) in [5.41, 5.74) is 4.86. The molecule has 2 N–H and O–H groups in total. The van der Waals surface area contributed by atoms with Gasteiger partial charge in [0.1, 0.15) is 0 Å². The second-order valence-corrected chi connectivity index (χ2v) is 4.53. The summed E-state index contributed by atoms with van der Waals surface area (Å²) in [6.45, 7) is 5.80. The van der Waals surface area contributed by atoms with Gasteiger partial charge >= 0.3 is 5.97 Å². The van der Waals surface area contributed by atoms with Gasteiger partial charge in [-0.2, -0.15) is 5.10 Å². The summed E-state index contributed by atoms with van der Waals surface area (Å²) < 4.78 is 4.79. The summed E-state index contributed by atoms with van der Waals surface area (Å²) in [4.78, 5) is 22.9. The Hall–Kier alpha value is -2.37.